The Morgan fingerprint density at radius 3 is 2.41 bits per heavy atom. The first kappa shape index (κ1) is 23.8. The van der Waals surface area contributed by atoms with Gasteiger partial charge in [0, 0.05) is 36.3 Å². The molecule has 0 spiro atoms. The molecule has 2 N–H and O–H groups in total. The van der Waals surface area contributed by atoms with Gasteiger partial charge in [-0.3, -0.25) is 9.78 Å². The van der Waals surface area contributed by atoms with Crippen molar-refractivity contribution in [1.82, 2.24) is 10.3 Å². The summed E-state index contributed by atoms with van der Waals surface area (Å²) < 4.78 is 67.2. The average molecular weight is 469 g/mol. The molecule has 1 atom stereocenters. The van der Waals surface area contributed by atoms with Gasteiger partial charge in [0.15, 0.2) is 0 Å². The summed E-state index contributed by atoms with van der Waals surface area (Å²) in [6.45, 7) is 2.25. The van der Waals surface area contributed by atoms with Crippen LogP contribution in [-0.2, 0) is 22.6 Å². The largest absolute Gasteiger partial charge is 0.416 e. The Morgan fingerprint density at radius 1 is 1.12 bits per heavy atom. The van der Waals surface area contributed by atoms with Crippen molar-refractivity contribution in [1.29, 1.82) is 0 Å². The first-order valence-corrected chi connectivity index (χ1v) is 10.5. The van der Waals surface area contributed by atoms with Gasteiger partial charge in [0.1, 0.15) is 4.87 Å². The summed E-state index contributed by atoms with van der Waals surface area (Å²) in [6.07, 6.45) is 3.21. The van der Waals surface area contributed by atoms with Crippen molar-refractivity contribution in [2.45, 2.75) is 36.6 Å². The molecule has 0 aliphatic carbocycles. The molecule has 1 unspecified atom stereocenters. The molecule has 2 heterocycles. The van der Waals surface area contributed by atoms with E-state index in [9.17, 15) is 26.7 Å². The molecule has 1 aliphatic heterocycles. The lowest BCUT2D eigenvalue weighted by atomic mass is 10.0. The number of dihydropyridines is 1. The number of anilines is 1. The molecule has 0 radical (unpaired) electrons. The van der Waals surface area contributed by atoms with Crippen LogP contribution < -0.4 is 10.6 Å². The molecular weight excluding hydrogens is 449 g/mol. The molecule has 1 aliphatic rings. The van der Waals surface area contributed by atoms with E-state index in [2.05, 4.69) is 15.6 Å². The molecule has 0 saturated heterocycles. The van der Waals surface area contributed by atoms with E-state index in [0.29, 0.717) is 24.8 Å². The van der Waals surface area contributed by atoms with Crippen LogP contribution in [0.1, 0.15) is 30.5 Å². The highest BCUT2D eigenvalue weighted by molar-refractivity contribution is 8.00. The third-order valence-corrected chi connectivity index (χ3v) is 6.17. The Hall–Kier alpha value is -2.88. The lowest BCUT2D eigenvalue weighted by molar-refractivity contribution is -0.137. The van der Waals surface area contributed by atoms with Gasteiger partial charge in [-0.2, -0.15) is 13.2 Å². The van der Waals surface area contributed by atoms with Gasteiger partial charge in [-0.15, -0.1) is 11.8 Å². The van der Waals surface area contributed by atoms with Gasteiger partial charge in [-0.1, -0.05) is 0 Å². The van der Waals surface area contributed by atoms with Crippen molar-refractivity contribution in [3.8, 4) is 0 Å². The fraction of sp³-hybridized carbons (Fsp3) is 0.273. The minimum atomic E-state index is -4.84. The summed E-state index contributed by atoms with van der Waals surface area (Å²) in [7, 11) is 0. The molecule has 1 aromatic carbocycles. The number of hydrogen-bond acceptors (Lipinski definition) is 4. The van der Waals surface area contributed by atoms with Crippen molar-refractivity contribution in [2.24, 2.45) is 0 Å². The van der Waals surface area contributed by atoms with Gasteiger partial charge < -0.3 is 10.6 Å². The molecule has 170 valence electrons. The van der Waals surface area contributed by atoms with Gasteiger partial charge in [-0.25, -0.2) is 8.78 Å². The minimum absolute atomic E-state index is 0.237. The Balaban J connectivity index is 1.86. The maximum absolute atomic E-state index is 13.8. The number of allylic oxidation sites excluding steroid dienone is 2. The summed E-state index contributed by atoms with van der Waals surface area (Å²) in [5.41, 5.74) is -1.26. The highest BCUT2D eigenvalue weighted by Gasteiger charge is 2.37. The number of nitrogens with one attached hydrogen (secondary N) is 2. The fourth-order valence-electron chi connectivity index (χ4n) is 3.02. The van der Waals surface area contributed by atoms with Crippen LogP contribution in [0.5, 0.6) is 0 Å². The van der Waals surface area contributed by atoms with E-state index >= 15 is 0 Å². The summed E-state index contributed by atoms with van der Waals surface area (Å²) >= 11 is 1.40. The summed E-state index contributed by atoms with van der Waals surface area (Å²) in [5, 5.41) is 5.44. The number of pyridine rings is 1. The number of halogens is 5. The molecule has 1 aromatic heterocycles. The van der Waals surface area contributed by atoms with Crippen molar-refractivity contribution in [3.63, 3.8) is 0 Å². The van der Waals surface area contributed by atoms with Crippen LogP contribution in [0.15, 0.2) is 66.7 Å². The predicted octanol–water partition coefficient (Wildman–Crippen LogP) is 5.84. The van der Waals surface area contributed by atoms with Crippen molar-refractivity contribution >= 4 is 23.4 Å². The van der Waals surface area contributed by atoms with Crippen LogP contribution in [0.4, 0.5) is 27.6 Å². The van der Waals surface area contributed by atoms with Crippen LogP contribution in [-0.4, -0.2) is 15.8 Å². The molecule has 10 heteroatoms. The monoisotopic (exact) mass is 469 g/mol. The molecule has 3 rings (SSSR count). The van der Waals surface area contributed by atoms with Crippen molar-refractivity contribution in [2.75, 3.05) is 5.32 Å². The Labute approximate surface area is 186 Å². The second kappa shape index (κ2) is 8.93. The number of thioether (sulfide) groups is 1. The molecule has 0 bridgehead atoms. The number of alkyl halides is 5. The van der Waals surface area contributed by atoms with E-state index in [-0.39, 0.29) is 11.3 Å². The number of nitrogens with zero attached hydrogens (tertiary/aromatic N) is 1. The molecule has 0 saturated carbocycles. The maximum Gasteiger partial charge on any atom is 0.416 e. The van der Waals surface area contributed by atoms with Gasteiger partial charge >= 0.3 is 6.18 Å². The van der Waals surface area contributed by atoms with Crippen LogP contribution in [0.25, 0.3) is 0 Å². The number of rotatable bonds is 6. The number of carbonyl (C=O) groups excluding carboxylic acids is 1. The first-order valence-electron chi connectivity index (χ1n) is 9.48. The standard InChI is InChI=1S/C22H20F5N3OS/c1-20(23,24)15-10-16(22(25,26)27)12-17(11-15)30-19(31)18-4-3-7-29-21(18,2)32-13-14-5-8-28-9-6-14/h3-12,29H,13H2,1-2H3,(H,30,31). The van der Waals surface area contributed by atoms with Crippen molar-refractivity contribution in [3.05, 3.63) is 83.3 Å². The van der Waals surface area contributed by atoms with Crippen LogP contribution >= 0.6 is 11.8 Å². The quantitative estimate of drug-likeness (QED) is 0.522. The third-order valence-electron chi connectivity index (χ3n) is 4.78. The van der Waals surface area contributed by atoms with E-state index in [1.54, 1.807) is 31.6 Å². The molecule has 1 amide bonds. The zero-order valence-corrected chi connectivity index (χ0v) is 18.0. The lowest BCUT2D eigenvalue weighted by Crippen LogP contribution is -2.43. The SMILES string of the molecule is CC1(SCc2ccncc2)NC=CC=C1C(=O)Nc1cc(C(C)(F)F)cc(C(F)(F)F)c1. The van der Waals surface area contributed by atoms with Gasteiger partial charge in [0.2, 0.25) is 0 Å². The first-order chi connectivity index (χ1) is 14.9. The maximum atomic E-state index is 13.8. The summed E-state index contributed by atoms with van der Waals surface area (Å²) in [4.78, 5) is 16.0. The number of benzene rings is 1. The highest BCUT2D eigenvalue weighted by Crippen LogP contribution is 2.38. The average Bonchev–Trinajstić information content (AvgIpc) is 2.72. The number of amides is 1. The predicted molar refractivity (Wildman–Crippen MR) is 114 cm³/mol. The molecular formula is C22H20F5N3OS. The number of carbonyl (C=O) groups is 1. The van der Waals surface area contributed by atoms with E-state index in [0.717, 1.165) is 11.6 Å². The Kier molecular flexibility index (Phi) is 6.64. The highest BCUT2D eigenvalue weighted by atomic mass is 32.2. The number of hydrogen-bond donors (Lipinski definition) is 2. The zero-order chi connectivity index (χ0) is 23.6. The summed E-state index contributed by atoms with van der Waals surface area (Å²) in [5.74, 6) is -3.68. The van der Waals surface area contributed by atoms with E-state index in [1.807, 2.05) is 12.1 Å². The van der Waals surface area contributed by atoms with Crippen molar-refractivity contribution < 1.29 is 26.7 Å². The van der Waals surface area contributed by atoms with Gasteiger partial charge in [0.05, 0.1) is 11.1 Å². The third kappa shape index (κ3) is 5.67. The topological polar surface area (TPSA) is 54.0 Å². The van der Waals surface area contributed by atoms with Crippen LogP contribution in [0.3, 0.4) is 0 Å². The van der Waals surface area contributed by atoms with Crippen LogP contribution in [0, 0.1) is 0 Å². The van der Waals surface area contributed by atoms with Crippen LogP contribution in [0.2, 0.25) is 0 Å². The minimum Gasteiger partial charge on any atom is -0.373 e. The summed E-state index contributed by atoms with van der Waals surface area (Å²) in [6, 6.07) is 5.53. The molecule has 32 heavy (non-hydrogen) atoms. The molecule has 4 nitrogen and oxygen atoms in total. The molecule has 2 aromatic rings. The fourth-order valence-corrected chi connectivity index (χ4v) is 4.14. The number of aromatic nitrogens is 1. The van der Waals surface area contributed by atoms with E-state index in [4.69, 9.17) is 0 Å². The second-order valence-electron chi connectivity index (χ2n) is 7.40. The Morgan fingerprint density at radius 2 is 1.78 bits per heavy atom. The molecule has 0 fully saturated rings. The Bertz CT molecular complexity index is 1020. The zero-order valence-electron chi connectivity index (χ0n) is 17.1. The lowest BCUT2D eigenvalue weighted by Gasteiger charge is -2.33. The smallest absolute Gasteiger partial charge is 0.373 e. The van der Waals surface area contributed by atoms with E-state index in [1.165, 1.54) is 17.8 Å². The second-order valence-corrected chi connectivity index (χ2v) is 8.79. The van der Waals surface area contributed by atoms with Gasteiger partial charge in [0.25, 0.3) is 11.8 Å². The van der Waals surface area contributed by atoms with Gasteiger partial charge in [-0.05, 0) is 61.2 Å². The normalized spacial score (nSPS) is 18.7. The van der Waals surface area contributed by atoms with E-state index < -0.39 is 34.0 Å².